The first-order valence-corrected chi connectivity index (χ1v) is 15.8. The summed E-state index contributed by atoms with van der Waals surface area (Å²) < 4.78 is 0. The normalized spacial score (nSPS) is 14.5. The number of guanidine groups is 1. The van der Waals surface area contributed by atoms with Crippen LogP contribution in [-0.2, 0) is 24.0 Å². The van der Waals surface area contributed by atoms with Crippen LogP contribution in [0.25, 0.3) is 0 Å². The molecule has 254 valence electrons. The molecule has 0 saturated heterocycles. The fourth-order valence-corrected chi connectivity index (χ4v) is 4.65. The summed E-state index contributed by atoms with van der Waals surface area (Å²) in [5, 5.41) is 17.2. The SMILES string of the molecule is C=CCNC(=O)[C@H](NC(=O)[C@H](CC)NC(=O)[C@H](CCCNC(=NC)NC)CC(=O)[C@@](C)(CC=C)NC(=O)C(C)C)c1ccccc1. The van der Waals surface area contributed by atoms with E-state index in [4.69, 9.17) is 0 Å². The molecular formula is C34H53N7O5. The number of hydrogen-bond donors (Lipinski definition) is 6. The van der Waals surface area contributed by atoms with Crippen molar-refractivity contribution in [2.45, 2.75) is 77.4 Å². The maximum atomic E-state index is 13.7. The Morgan fingerprint density at radius 3 is 2.15 bits per heavy atom. The molecule has 0 radical (unpaired) electrons. The van der Waals surface area contributed by atoms with E-state index in [1.54, 1.807) is 78.2 Å². The molecule has 0 fully saturated rings. The molecule has 0 saturated carbocycles. The number of carbonyl (C=O) groups is 5. The summed E-state index contributed by atoms with van der Waals surface area (Å²) in [4.78, 5) is 70.5. The van der Waals surface area contributed by atoms with Crippen molar-refractivity contribution in [2.75, 3.05) is 27.2 Å². The molecule has 0 bridgehead atoms. The molecule has 4 amide bonds. The lowest BCUT2D eigenvalue weighted by molar-refractivity contribution is -0.137. The molecule has 0 aliphatic carbocycles. The van der Waals surface area contributed by atoms with E-state index in [9.17, 15) is 24.0 Å². The highest BCUT2D eigenvalue weighted by Crippen LogP contribution is 2.22. The summed E-state index contributed by atoms with van der Waals surface area (Å²) >= 11 is 0. The first-order chi connectivity index (χ1) is 21.9. The fraction of sp³-hybridized carbons (Fsp3) is 0.529. The number of nitrogens with zero attached hydrogens (tertiary/aromatic N) is 1. The molecule has 1 aromatic carbocycles. The summed E-state index contributed by atoms with van der Waals surface area (Å²) in [7, 11) is 3.37. The number of aliphatic imine (C=N–C) groups is 1. The predicted molar refractivity (Wildman–Crippen MR) is 182 cm³/mol. The van der Waals surface area contributed by atoms with Crippen molar-refractivity contribution >= 4 is 35.4 Å². The van der Waals surface area contributed by atoms with Gasteiger partial charge in [-0.05, 0) is 38.2 Å². The number of amides is 4. The summed E-state index contributed by atoms with van der Waals surface area (Å²) in [6.45, 7) is 14.9. The molecule has 6 N–H and O–H groups in total. The Labute approximate surface area is 273 Å². The van der Waals surface area contributed by atoms with E-state index in [1.165, 1.54) is 6.08 Å². The van der Waals surface area contributed by atoms with E-state index < -0.39 is 41.3 Å². The highest BCUT2D eigenvalue weighted by Gasteiger charge is 2.37. The molecular weight excluding hydrogens is 586 g/mol. The van der Waals surface area contributed by atoms with Gasteiger partial charge in [-0.3, -0.25) is 29.0 Å². The first-order valence-electron chi connectivity index (χ1n) is 15.8. The lowest BCUT2D eigenvalue weighted by atomic mass is 9.84. The van der Waals surface area contributed by atoms with Crippen molar-refractivity contribution in [3.05, 3.63) is 61.2 Å². The van der Waals surface area contributed by atoms with E-state index in [0.717, 1.165) is 0 Å². The van der Waals surface area contributed by atoms with Crippen LogP contribution in [0, 0.1) is 11.8 Å². The van der Waals surface area contributed by atoms with Crippen molar-refractivity contribution in [2.24, 2.45) is 16.8 Å². The van der Waals surface area contributed by atoms with Crippen LogP contribution in [0.15, 0.2) is 60.6 Å². The van der Waals surface area contributed by atoms with E-state index in [1.807, 2.05) is 0 Å². The second kappa shape index (κ2) is 20.5. The smallest absolute Gasteiger partial charge is 0.247 e. The minimum Gasteiger partial charge on any atom is -0.359 e. The van der Waals surface area contributed by atoms with Crippen LogP contribution in [-0.4, -0.2) is 74.1 Å². The maximum absolute atomic E-state index is 13.7. The third-order valence-electron chi connectivity index (χ3n) is 7.52. The number of nitrogens with one attached hydrogen (secondary N) is 6. The van der Waals surface area contributed by atoms with Gasteiger partial charge in [0.2, 0.25) is 23.6 Å². The average Bonchev–Trinajstić information content (AvgIpc) is 3.04. The quantitative estimate of drug-likeness (QED) is 0.0550. The van der Waals surface area contributed by atoms with E-state index in [0.29, 0.717) is 30.9 Å². The van der Waals surface area contributed by atoms with Crippen LogP contribution < -0.4 is 31.9 Å². The van der Waals surface area contributed by atoms with Gasteiger partial charge < -0.3 is 31.9 Å². The molecule has 0 unspecified atom stereocenters. The first kappa shape index (κ1) is 39.5. The topological polar surface area (TPSA) is 170 Å². The van der Waals surface area contributed by atoms with Crippen LogP contribution in [0.1, 0.15) is 71.4 Å². The molecule has 1 aromatic rings. The number of rotatable bonds is 20. The van der Waals surface area contributed by atoms with Gasteiger partial charge in [0.25, 0.3) is 0 Å². The van der Waals surface area contributed by atoms with Crippen molar-refractivity contribution in [3.63, 3.8) is 0 Å². The van der Waals surface area contributed by atoms with Crippen LogP contribution in [0.2, 0.25) is 0 Å². The van der Waals surface area contributed by atoms with Crippen molar-refractivity contribution in [3.8, 4) is 0 Å². The largest absolute Gasteiger partial charge is 0.359 e. The molecule has 46 heavy (non-hydrogen) atoms. The van der Waals surface area contributed by atoms with E-state index in [-0.39, 0.29) is 43.4 Å². The van der Waals surface area contributed by atoms with Gasteiger partial charge in [0.05, 0.1) is 5.54 Å². The standard InChI is InChI=1S/C34H53N7O5/c1-9-19-34(6,41-29(43)23(4)5)27(42)22-25(18-15-21-38-33(35-7)36-8)30(44)39-26(11-3)31(45)40-28(32(46)37-20-10-2)24-16-13-12-14-17-24/h9-10,12-14,16-17,23,25-26,28H,1-2,11,15,18-22H2,3-8H3,(H,37,46)(H,39,44)(H,40,45)(H,41,43)(H2,35,36,38)/t25-,26+,28-,34-/m1/s1. The summed E-state index contributed by atoms with van der Waals surface area (Å²) in [5.74, 6) is -2.59. The summed E-state index contributed by atoms with van der Waals surface area (Å²) in [6.07, 6.45) is 4.21. The van der Waals surface area contributed by atoms with Gasteiger partial charge in [0.1, 0.15) is 12.1 Å². The number of ketones is 1. The molecule has 0 spiro atoms. The third kappa shape index (κ3) is 12.9. The lowest BCUT2D eigenvalue weighted by Crippen LogP contribution is -2.54. The number of carbonyl (C=O) groups excluding carboxylic acids is 5. The zero-order valence-electron chi connectivity index (χ0n) is 28.2. The molecule has 0 aliphatic rings. The monoisotopic (exact) mass is 639 g/mol. The highest BCUT2D eigenvalue weighted by molar-refractivity contribution is 5.97. The zero-order chi connectivity index (χ0) is 34.7. The number of Topliss-reactive ketones (excluding diaryl/α,β-unsaturated/α-hetero) is 1. The van der Waals surface area contributed by atoms with Crippen molar-refractivity contribution in [1.29, 1.82) is 0 Å². The number of hydrogen-bond acceptors (Lipinski definition) is 6. The zero-order valence-corrected chi connectivity index (χ0v) is 28.2. The van der Waals surface area contributed by atoms with Crippen LogP contribution in [0.4, 0.5) is 0 Å². The van der Waals surface area contributed by atoms with Crippen LogP contribution in [0.3, 0.4) is 0 Å². The van der Waals surface area contributed by atoms with Crippen molar-refractivity contribution < 1.29 is 24.0 Å². The Balaban J connectivity index is 3.22. The Hall–Kier alpha value is -4.48. The molecule has 1 rings (SSSR count). The second-order valence-electron chi connectivity index (χ2n) is 11.5. The lowest BCUT2D eigenvalue weighted by Gasteiger charge is -2.31. The Morgan fingerprint density at radius 2 is 1.61 bits per heavy atom. The van der Waals surface area contributed by atoms with Gasteiger partial charge >= 0.3 is 0 Å². The Kier molecular flexibility index (Phi) is 17.6. The van der Waals surface area contributed by atoms with Gasteiger partial charge in [-0.2, -0.15) is 0 Å². The molecule has 12 nitrogen and oxygen atoms in total. The van der Waals surface area contributed by atoms with Gasteiger partial charge in [-0.25, -0.2) is 0 Å². The van der Waals surface area contributed by atoms with Crippen LogP contribution >= 0.6 is 0 Å². The van der Waals surface area contributed by atoms with Gasteiger partial charge in [-0.1, -0.05) is 63.3 Å². The van der Waals surface area contributed by atoms with Gasteiger partial charge in [0, 0.05) is 45.4 Å². The average molecular weight is 640 g/mol. The second-order valence-corrected chi connectivity index (χ2v) is 11.5. The summed E-state index contributed by atoms with van der Waals surface area (Å²) in [6, 6.07) is 6.84. The molecule has 4 atom stereocenters. The third-order valence-corrected chi connectivity index (χ3v) is 7.52. The Morgan fingerprint density at radius 1 is 0.935 bits per heavy atom. The van der Waals surface area contributed by atoms with Gasteiger partial charge in [-0.15, -0.1) is 13.2 Å². The minimum atomic E-state index is -1.25. The highest BCUT2D eigenvalue weighted by atomic mass is 16.2. The minimum absolute atomic E-state index is 0.163. The molecule has 0 aromatic heterocycles. The molecule has 12 heteroatoms. The molecule has 0 heterocycles. The Bertz CT molecular complexity index is 1220. The molecule has 0 aliphatic heterocycles. The maximum Gasteiger partial charge on any atom is 0.247 e. The van der Waals surface area contributed by atoms with E-state index in [2.05, 4.69) is 50.1 Å². The van der Waals surface area contributed by atoms with Crippen LogP contribution in [0.5, 0.6) is 0 Å². The predicted octanol–water partition coefficient (Wildman–Crippen LogP) is 2.30. The van der Waals surface area contributed by atoms with Crippen molar-refractivity contribution in [1.82, 2.24) is 31.9 Å². The van der Waals surface area contributed by atoms with Gasteiger partial charge in [0.15, 0.2) is 11.7 Å². The fourth-order valence-electron chi connectivity index (χ4n) is 4.65. The summed E-state index contributed by atoms with van der Waals surface area (Å²) in [5.41, 5.74) is -0.673. The van der Waals surface area contributed by atoms with E-state index >= 15 is 0 Å². The number of benzene rings is 1.